The number of hydrogen-bond acceptors (Lipinski definition) is 4. The van der Waals surface area contributed by atoms with E-state index in [-0.39, 0.29) is 28.5 Å². The number of carbonyl (C=O) groups is 2. The molecule has 194 valence electrons. The molecular formula is C32H38N2O3. The second kappa shape index (κ2) is 9.31. The Kier molecular flexibility index (Phi) is 6.42. The predicted molar refractivity (Wildman–Crippen MR) is 144 cm³/mol. The average Bonchev–Trinajstić information content (AvgIpc) is 3.13. The summed E-state index contributed by atoms with van der Waals surface area (Å²) in [7, 11) is 0. The van der Waals surface area contributed by atoms with Crippen LogP contribution in [0.1, 0.15) is 76.8 Å². The van der Waals surface area contributed by atoms with Gasteiger partial charge in [0.05, 0.1) is 0 Å². The molecule has 0 spiro atoms. The van der Waals surface area contributed by atoms with Crippen LogP contribution in [0.15, 0.2) is 52.6 Å². The minimum atomic E-state index is -0.627. The number of nitriles is 1. The van der Waals surface area contributed by atoms with Crippen molar-refractivity contribution in [3.05, 3.63) is 63.8 Å². The molecule has 5 nitrogen and oxygen atoms in total. The van der Waals surface area contributed by atoms with Crippen LogP contribution >= 0.6 is 0 Å². The highest BCUT2D eigenvalue weighted by atomic mass is 16.5. The van der Waals surface area contributed by atoms with E-state index >= 15 is 0 Å². The van der Waals surface area contributed by atoms with Crippen LogP contribution in [0.4, 0.5) is 0 Å². The monoisotopic (exact) mass is 498 g/mol. The minimum Gasteiger partial charge on any atom is -0.462 e. The first-order valence-corrected chi connectivity index (χ1v) is 13.7. The highest BCUT2D eigenvalue weighted by Crippen LogP contribution is 2.67. The number of esters is 1. The predicted octanol–water partition coefficient (Wildman–Crippen LogP) is 6.19. The van der Waals surface area contributed by atoms with Crippen molar-refractivity contribution in [2.45, 2.75) is 78.7 Å². The zero-order valence-electron chi connectivity index (χ0n) is 22.5. The molecule has 5 rings (SSSR count). The molecule has 5 heteroatoms. The van der Waals surface area contributed by atoms with E-state index in [0.717, 1.165) is 61.7 Å². The Bertz CT molecular complexity index is 1260. The molecule has 6 atom stereocenters. The van der Waals surface area contributed by atoms with Gasteiger partial charge in [-0.05, 0) is 90.7 Å². The first kappa shape index (κ1) is 25.5. The molecule has 0 unspecified atom stereocenters. The SMILES string of the molecule is CC(=O)O[C@H]1CC[C@@]2(C)C(=CC[C@@H]3[C@@H]2CC[C@]2(C)C(=C(\C#N)C(N)=O)/C(=C/c4ccc(C)cc4)C[C@@H]32)C1. The van der Waals surface area contributed by atoms with Crippen LogP contribution in [-0.4, -0.2) is 18.0 Å². The van der Waals surface area contributed by atoms with Gasteiger partial charge in [0.25, 0.3) is 5.91 Å². The average molecular weight is 499 g/mol. The first-order valence-electron chi connectivity index (χ1n) is 13.7. The summed E-state index contributed by atoms with van der Waals surface area (Å²) in [5.74, 6) is 0.545. The number of benzene rings is 1. The Morgan fingerprint density at radius 3 is 2.43 bits per heavy atom. The summed E-state index contributed by atoms with van der Waals surface area (Å²) in [4.78, 5) is 24.0. The number of aryl methyl sites for hydroxylation is 1. The molecular weight excluding hydrogens is 460 g/mol. The molecule has 0 radical (unpaired) electrons. The van der Waals surface area contributed by atoms with Crippen molar-refractivity contribution in [1.82, 2.24) is 0 Å². The molecule has 1 aromatic carbocycles. The molecule has 3 fully saturated rings. The number of nitrogens with zero attached hydrogens (tertiary/aromatic N) is 1. The number of fused-ring (bicyclic) bond motifs is 5. The Hall–Kier alpha value is -3.13. The van der Waals surface area contributed by atoms with Gasteiger partial charge in [-0.3, -0.25) is 9.59 Å². The third-order valence-electron chi connectivity index (χ3n) is 10.1. The maximum atomic E-state index is 12.5. The summed E-state index contributed by atoms with van der Waals surface area (Å²) < 4.78 is 5.59. The van der Waals surface area contributed by atoms with Crippen LogP contribution < -0.4 is 5.73 Å². The van der Waals surface area contributed by atoms with Crippen molar-refractivity contribution in [1.29, 1.82) is 5.26 Å². The quantitative estimate of drug-likeness (QED) is 0.233. The van der Waals surface area contributed by atoms with Crippen molar-refractivity contribution in [2.24, 2.45) is 34.3 Å². The number of allylic oxidation sites excluding steroid dienone is 3. The Balaban J connectivity index is 1.54. The minimum absolute atomic E-state index is 0.0129. The molecule has 4 aliphatic rings. The van der Waals surface area contributed by atoms with Gasteiger partial charge in [0, 0.05) is 13.3 Å². The first-order chi connectivity index (χ1) is 17.6. The van der Waals surface area contributed by atoms with Crippen molar-refractivity contribution in [3.63, 3.8) is 0 Å². The molecule has 4 aliphatic carbocycles. The fourth-order valence-corrected chi connectivity index (χ4v) is 8.35. The van der Waals surface area contributed by atoms with E-state index in [0.29, 0.717) is 17.8 Å². The van der Waals surface area contributed by atoms with Crippen LogP contribution in [0.3, 0.4) is 0 Å². The van der Waals surface area contributed by atoms with Crippen LogP contribution in [0, 0.1) is 46.8 Å². The van der Waals surface area contributed by atoms with Crippen molar-refractivity contribution in [2.75, 3.05) is 0 Å². The zero-order valence-corrected chi connectivity index (χ0v) is 22.5. The molecule has 2 N–H and O–H groups in total. The van der Waals surface area contributed by atoms with Gasteiger partial charge in [-0.15, -0.1) is 0 Å². The summed E-state index contributed by atoms with van der Waals surface area (Å²) in [5, 5.41) is 10.0. The lowest BCUT2D eigenvalue weighted by Gasteiger charge is -2.57. The largest absolute Gasteiger partial charge is 0.462 e. The second-order valence-electron chi connectivity index (χ2n) is 12.2. The van der Waals surface area contributed by atoms with E-state index in [2.05, 4.69) is 63.3 Å². The Labute approximate surface area is 220 Å². The standard InChI is InChI=1S/C32H38N2O3/c1-19-5-7-21(8-6-19)15-22-16-28-25-10-9-23-17-24(37-20(2)35)11-13-31(23,3)27(25)12-14-32(28,4)29(22)26(18-33)30(34)36/h5-9,15,24-25,27-28H,10-14,16-17H2,1-4H3,(H2,34,36)/b22-15+,29-26+/t24-,25+,27-,28-,31-,32-/m0/s1. The molecule has 1 aromatic rings. The van der Waals surface area contributed by atoms with Crippen LogP contribution in [-0.2, 0) is 14.3 Å². The third-order valence-corrected chi connectivity index (χ3v) is 10.1. The third kappa shape index (κ3) is 4.25. The maximum absolute atomic E-state index is 12.5. The number of nitrogens with two attached hydrogens (primary N) is 1. The summed E-state index contributed by atoms with van der Waals surface area (Å²) in [6.45, 7) is 8.24. The van der Waals surface area contributed by atoms with Gasteiger partial charge in [-0.1, -0.05) is 61.4 Å². The van der Waals surface area contributed by atoms with Gasteiger partial charge in [0.2, 0.25) is 0 Å². The van der Waals surface area contributed by atoms with Gasteiger partial charge < -0.3 is 10.5 Å². The van der Waals surface area contributed by atoms with Crippen molar-refractivity contribution in [3.8, 4) is 6.07 Å². The van der Waals surface area contributed by atoms with Gasteiger partial charge in [0.15, 0.2) is 0 Å². The molecule has 3 saturated carbocycles. The molecule has 0 heterocycles. The normalized spacial score (nSPS) is 36.9. The number of hydrogen-bond donors (Lipinski definition) is 1. The number of amides is 1. The number of carbonyl (C=O) groups excluding carboxylic acids is 2. The molecule has 1 amide bonds. The van der Waals surface area contributed by atoms with E-state index in [1.54, 1.807) is 0 Å². The molecule has 0 aromatic heterocycles. The highest BCUT2D eigenvalue weighted by molar-refractivity contribution is 5.98. The van der Waals surface area contributed by atoms with E-state index in [1.165, 1.54) is 18.1 Å². The Morgan fingerprint density at radius 1 is 1.08 bits per heavy atom. The van der Waals surface area contributed by atoms with Crippen LogP contribution in [0.5, 0.6) is 0 Å². The maximum Gasteiger partial charge on any atom is 0.302 e. The summed E-state index contributed by atoms with van der Waals surface area (Å²) in [6, 6.07) is 10.6. The second-order valence-corrected chi connectivity index (χ2v) is 12.2. The van der Waals surface area contributed by atoms with E-state index < -0.39 is 5.91 Å². The fourth-order valence-electron chi connectivity index (χ4n) is 8.35. The number of ether oxygens (including phenoxy) is 1. The zero-order chi connectivity index (χ0) is 26.5. The molecule has 0 bridgehead atoms. The summed E-state index contributed by atoms with van der Waals surface area (Å²) >= 11 is 0. The lowest BCUT2D eigenvalue weighted by atomic mass is 9.47. The van der Waals surface area contributed by atoms with Gasteiger partial charge in [-0.25, -0.2) is 0 Å². The van der Waals surface area contributed by atoms with E-state index in [1.807, 2.05) is 0 Å². The number of primary amides is 1. The van der Waals surface area contributed by atoms with Gasteiger partial charge >= 0.3 is 5.97 Å². The lowest BCUT2D eigenvalue weighted by Crippen LogP contribution is -2.50. The van der Waals surface area contributed by atoms with Crippen LogP contribution in [0.2, 0.25) is 0 Å². The van der Waals surface area contributed by atoms with Gasteiger partial charge in [0.1, 0.15) is 17.7 Å². The molecule has 37 heavy (non-hydrogen) atoms. The van der Waals surface area contributed by atoms with Crippen molar-refractivity contribution >= 4 is 18.0 Å². The van der Waals surface area contributed by atoms with Gasteiger partial charge in [-0.2, -0.15) is 5.26 Å². The highest BCUT2D eigenvalue weighted by Gasteiger charge is 2.59. The van der Waals surface area contributed by atoms with Crippen molar-refractivity contribution < 1.29 is 14.3 Å². The fraction of sp³-hybridized carbons (Fsp3) is 0.531. The molecule has 0 saturated heterocycles. The topological polar surface area (TPSA) is 93.2 Å². The van der Waals surface area contributed by atoms with E-state index in [4.69, 9.17) is 10.5 Å². The smallest absolute Gasteiger partial charge is 0.302 e. The molecule has 0 aliphatic heterocycles. The number of rotatable bonds is 3. The summed E-state index contributed by atoms with van der Waals surface area (Å²) in [6.07, 6.45) is 11.2. The van der Waals surface area contributed by atoms with Crippen LogP contribution in [0.25, 0.3) is 6.08 Å². The Morgan fingerprint density at radius 2 is 1.78 bits per heavy atom. The summed E-state index contributed by atoms with van der Waals surface area (Å²) in [5.41, 5.74) is 11.5. The van der Waals surface area contributed by atoms with E-state index in [9.17, 15) is 14.9 Å². The lowest BCUT2D eigenvalue weighted by molar-refractivity contribution is -0.148.